The molecule has 2 unspecified atom stereocenters. The molecular weight excluding hydrogens is 477 g/mol. The van der Waals surface area contributed by atoms with Gasteiger partial charge in [0.05, 0.1) is 18.8 Å². The molecule has 0 saturated carbocycles. The number of aldehydes is 1. The van der Waals surface area contributed by atoms with Crippen LogP contribution in [0, 0.1) is 5.92 Å². The topological polar surface area (TPSA) is 17.1 Å². The molecule has 3 atom stereocenters. The second-order valence-electron chi connectivity index (χ2n) is 9.59. The Morgan fingerprint density at radius 1 is 0.968 bits per heavy atom. The maximum absolute atomic E-state index is 11.4. The van der Waals surface area contributed by atoms with E-state index in [0.29, 0.717) is 5.92 Å². The highest BCUT2D eigenvalue weighted by Crippen LogP contribution is 2.55. The lowest BCUT2D eigenvalue weighted by molar-refractivity contribution is -0.111. The molecule has 0 fully saturated rings. The summed E-state index contributed by atoms with van der Waals surface area (Å²) in [4.78, 5) is 18.0. The second kappa shape index (κ2) is 8.60. The van der Waals surface area contributed by atoms with Crippen molar-refractivity contribution in [2.45, 2.75) is 77.0 Å². The van der Waals surface area contributed by atoms with Crippen LogP contribution < -0.4 is 0 Å². The number of thiol groups is 1. The van der Waals surface area contributed by atoms with Gasteiger partial charge in [-0.15, -0.1) is 58.0 Å². The molecule has 1 nitrogen and oxygen atoms in total. The largest absolute Gasteiger partial charge is 0.303 e. The third-order valence-corrected chi connectivity index (χ3v) is 13.0. The fraction of sp³-hybridized carbons (Fsp3) is 0.480. The zero-order valence-corrected chi connectivity index (χ0v) is 23.3. The lowest BCUT2D eigenvalue weighted by Crippen LogP contribution is -2.07. The molecule has 0 aliphatic carbocycles. The van der Waals surface area contributed by atoms with Gasteiger partial charge in [-0.05, 0) is 35.4 Å². The predicted octanol–water partition coefficient (Wildman–Crippen LogP) is 9.94. The predicted molar refractivity (Wildman–Crippen MR) is 147 cm³/mol. The number of rotatable bonds is 6. The van der Waals surface area contributed by atoms with Gasteiger partial charge >= 0.3 is 0 Å². The molecule has 166 valence electrons. The van der Waals surface area contributed by atoms with Gasteiger partial charge in [-0.1, -0.05) is 48.5 Å². The Morgan fingerprint density at radius 2 is 1.65 bits per heavy atom. The molecule has 0 saturated heterocycles. The summed E-state index contributed by atoms with van der Waals surface area (Å²) in [6, 6.07) is 4.63. The average molecular weight is 507 g/mol. The van der Waals surface area contributed by atoms with Gasteiger partial charge in [0.2, 0.25) is 0 Å². The second-order valence-corrected chi connectivity index (χ2v) is 14.2. The zero-order chi connectivity index (χ0) is 22.7. The van der Waals surface area contributed by atoms with Gasteiger partial charge < -0.3 is 4.79 Å². The summed E-state index contributed by atoms with van der Waals surface area (Å²) in [7, 11) is 0. The SMILES string of the molecule is CCC(C)c1c(-c2ccc(C(C)(C)C)s2)sc2c1sc1c(S)c([C@H](C)C(C)C=O)sc12. The standard InChI is InChI=1S/C25H30OS5/c1-8-12(2)17-20(15-9-10-16(28-15)25(5,6)7)30-23-21(17)31-22-18(27)19(29-24(22)23)14(4)13(3)11-26/h9-14,27H,8H2,1-7H3/t12?,13?,14-/m1/s1. The van der Waals surface area contributed by atoms with E-state index in [9.17, 15) is 4.79 Å². The molecule has 0 aromatic carbocycles. The Hall–Kier alpha value is -0.660. The Kier molecular flexibility index (Phi) is 6.52. The molecule has 31 heavy (non-hydrogen) atoms. The molecule has 0 N–H and O–H groups in total. The van der Waals surface area contributed by atoms with E-state index in [1.807, 2.05) is 52.3 Å². The zero-order valence-electron chi connectivity index (χ0n) is 19.2. The van der Waals surface area contributed by atoms with Gasteiger partial charge in [-0.3, -0.25) is 0 Å². The van der Waals surface area contributed by atoms with E-state index in [0.717, 1.165) is 17.6 Å². The first-order valence-electron chi connectivity index (χ1n) is 10.8. The highest BCUT2D eigenvalue weighted by molar-refractivity contribution is 7.81. The van der Waals surface area contributed by atoms with Crippen molar-refractivity contribution in [3.8, 4) is 9.75 Å². The minimum atomic E-state index is 0.00524. The van der Waals surface area contributed by atoms with Crippen LogP contribution in [0.4, 0.5) is 0 Å². The fourth-order valence-corrected chi connectivity index (χ4v) is 10.4. The summed E-state index contributed by atoms with van der Waals surface area (Å²) in [6.45, 7) is 15.7. The van der Waals surface area contributed by atoms with Crippen LogP contribution in [-0.2, 0) is 10.2 Å². The van der Waals surface area contributed by atoms with Gasteiger partial charge in [-0.25, -0.2) is 0 Å². The molecule has 0 amide bonds. The van der Waals surface area contributed by atoms with Crippen LogP contribution >= 0.6 is 58.0 Å². The summed E-state index contributed by atoms with van der Waals surface area (Å²) in [5.41, 5.74) is 1.69. The summed E-state index contributed by atoms with van der Waals surface area (Å²) in [5, 5.41) is 0. The maximum atomic E-state index is 11.4. The highest BCUT2D eigenvalue weighted by Gasteiger charge is 2.28. The molecule has 4 aromatic rings. The Labute approximate surface area is 206 Å². The smallest absolute Gasteiger partial charge is 0.123 e. The van der Waals surface area contributed by atoms with Crippen molar-refractivity contribution < 1.29 is 4.79 Å². The van der Waals surface area contributed by atoms with Crippen LogP contribution in [0.1, 0.15) is 82.0 Å². The van der Waals surface area contributed by atoms with Crippen LogP contribution in [0.25, 0.3) is 28.6 Å². The first-order chi connectivity index (χ1) is 14.6. The average Bonchev–Trinajstić information content (AvgIpc) is 3.47. The number of thiophene rings is 4. The van der Waals surface area contributed by atoms with Gasteiger partial charge in [0.1, 0.15) is 6.29 Å². The van der Waals surface area contributed by atoms with Gasteiger partial charge in [0, 0.05) is 36.2 Å². The lowest BCUT2D eigenvalue weighted by atomic mass is 9.95. The van der Waals surface area contributed by atoms with E-state index >= 15 is 0 Å². The molecule has 0 radical (unpaired) electrons. The van der Waals surface area contributed by atoms with E-state index in [1.165, 1.54) is 43.9 Å². The summed E-state index contributed by atoms with van der Waals surface area (Å²) >= 11 is 12.6. The highest BCUT2D eigenvalue weighted by atomic mass is 32.1. The molecular formula is C25H30OS5. The number of carbonyl (C=O) groups is 1. The Balaban J connectivity index is 1.93. The first-order valence-corrected chi connectivity index (χ1v) is 14.6. The minimum absolute atomic E-state index is 0.00524. The summed E-state index contributed by atoms with van der Waals surface area (Å²) < 4.78 is 5.51. The van der Waals surface area contributed by atoms with Crippen LogP contribution in [0.2, 0.25) is 0 Å². The van der Waals surface area contributed by atoms with Crippen LogP contribution in [0.15, 0.2) is 17.0 Å². The van der Waals surface area contributed by atoms with E-state index in [2.05, 4.69) is 53.7 Å². The van der Waals surface area contributed by atoms with Crippen molar-refractivity contribution in [1.29, 1.82) is 0 Å². The molecule has 6 heteroatoms. The van der Waals surface area contributed by atoms with E-state index < -0.39 is 0 Å². The van der Waals surface area contributed by atoms with Crippen molar-refractivity contribution in [3.05, 3.63) is 27.5 Å². The van der Waals surface area contributed by atoms with E-state index in [1.54, 1.807) is 0 Å². The summed E-state index contributed by atoms with van der Waals surface area (Å²) in [5.74, 6) is 0.726. The van der Waals surface area contributed by atoms with E-state index in [4.69, 9.17) is 12.6 Å². The maximum Gasteiger partial charge on any atom is 0.123 e. The third kappa shape index (κ3) is 3.97. The Bertz CT molecular complexity index is 1240. The monoisotopic (exact) mass is 506 g/mol. The van der Waals surface area contributed by atoms with Crippen molar-refractivity contribution in [2.24, 2.45) is 5.92 Å². The van der Waals surface area contributed by atoms with Gasteiger partial charge in [0.15, 0.2) is 0 Å². The van der Waals surface area contributed by atoms with Crippen LogP contribution in [0.3, 0.4) is 0 Å². The van der Waals surface area contributed by atoms with Crippen molar-refractivity contribution in [2.75, 3.05) is 0 Å². The number of hydrogen-bond donors (Lipinski definition) is 1. The Morgan fingerprint density at radius 3 is 2.23 bits per heavy atom. The normalized spacial score (nSPS) is 15.6. The van der Waals surface area contributed by atoms with Crippen molar-refractivity contribution >= 4 is 83.1 Å². The number of hydrogen-bond acceptors (Lipinski definition) is 6. The molecule has 0 bridgehead atoms. The van der Waals surface area contributed by atoms with E-state index in [-0.39, 0.29) is 17.3 Å². The van der Waals surface area contributed by atoms with Crippen molar-refractivity contribution in [3.63, 3.8) is 0 Å². The molecule has 0 aliphatic heterocycles. The number of fused-ring (bicyclic) bond motifs is 3. The van der Waals surface area contributed by atoms with Crippen molar-refractivity contribution in [1.82, 2.24) is 0 Å². The summed E-state index contributed by atoms with van der Waals surface area (Å²) in [6.07, 6.45) is 2.20. The number of carbonyl (C=O) groups excluding carboxylic acids is 1. The molecule has 4 aromatic heterocycles. The quantitative estimate of drug-likeness (QED) is 0.203. The van der Waals surface area contributed by atoms with Crippen LogP contribution in [-0.4, -0.2) is 6.29 Å². The third-order valence-electron chi connectivity index (χ3n) is 6.27. The molecule has 4 rings (SSSR count). The first kappa shape index (κ1) is 23.5. The molecule has 0 aliphatic rings. The fourth-order valence-electron chi connectivity index (χ4n) is 3.81. The van der Waals surface area contributed by atoms with Gasteiger partial charge in [-0.2, -0.15) is 0 Å². The lowest BCUT2D eigenvalue weighted by Gasteiger charge is -2.15. The minimum Gasteiger partial charge on any atom is -0.303 e. The van der Waals surface area contributed by atoms with Gasteiger partial charge in [0.25, 0.3) is 0 Å². The molecule has 4 heterocycles. The molecule has 0 spiro atoms. The van der Waals surface area contributed by atoms with Crippen LogP contribution in [0.5, 0.6) is 0 Å².